The Morgan fingerprint density at radius 3 is 2.48 bits per heavy atom. The zero-order valence-electron chi connectivity index (χ0n) is 12.7. The minimum Gasteiger partial charge on any atom is -0.351 e. The fourth-order valence-electron chi connectivity index (χ4n) is 3.50. The largest absolute Gasteiger partial charge is 0.351 e. The highest BCUT2D eigenvalue weighted by Crippen LogP contribution is 2.26. The predicted molar refractivity (Wildman–Crippen MR) is 84.1 cm³/mol. The molecule has 3 amide bonds. The lowest BCUT2D eigenvalue weighted by atomic mass is 9.88. The Balaban J connectivity index is 0.00000220. The van der Waals surface area contributed by atoms with Gasteiger partial charge in [0.2, 0.25) is 5.91 Å². The van der Waals surface area contributed by atoms with Gasteiger partial charge in [0.05, 0.1) is 5.92 Å². The zero-order valence-corrected chi connectivity index (χ0v) is 13.5. The van der Waals surface area contributed by atoms with Gasteiger partial charge in [-0.2, -0.15) is 0 Å². The van der Waals surface area contributed by atoms with Gasteiger partial charge in [0.1, 0.15) is 0 Å². The van der Waals surface area contributed by atoms with Crippen LogP contribution in [-0.4, -0.2) is 54.0 Å². The minimum atomic E-state index is -0.426. The van der Waals surface area contributed by atoms with Crippen molar-refractivity contribution in [3.63, 3.8) is 0 Å². The second kappa shape index (κ2) is 7.84. The van der Waals surface area contributed by atoms with E-state index in [2.05, 4.69) is 6.92 Å². The van der Waals surface area contributed by atoms with E-state index in [1.54, 1.807) is 4.90 Å². The highest BCUT2D eigenvalue weighted by atomic mass is 35.5. The van der Waals surface area contributed by atoms with Gasteiger partial charge < -0.3 is 21.3 Å². The number of hydrogen-bond acceptors (Lipinski definition) is 3. The summed E-state index contributed by atoms with van der Waals surface area (Å²) in [4.78, 5) is 27.5. The molecule has 7 heteroatoms. The van der Waals surface area contributed by atoms with Gasteiger partial charge in [-0.15, -0.1) is 12.4 Å². The van der Waals surface area contributed by atoms with Gasteiger partial charge in [-0.1, -0.05) is 6.92 Å². The number of piperidine rings is 2. The van der Waals surface area contributed by atoms with Crippen LogP contribution in [0.4, 0.5) is 4.79 Å². The van der Waals surface area contributed by atoms with E-state index in [9.17, 15) is 9.59 Å². The summed E-state index contributed by atoms with van der Waals surface area (Å²) in [5, 5.41) is 0. The third-order valence-corrected chi connectivity index (χ3v) is 4.72. The van der Waals surface area contributed by atoms with Crippen molar-refractivity contribution in [2.75, 3.05) is 26.2 Å². The maximum Gasteiger partial charge on any atom is 0.314 e. The van der Waals surface area contributed by atoms with Gasteiger partial charge in [0.15, 0.2) is 0 Å². The van der Waals surface area contributed by atoms with Gasteiger partial charge in [0.25, 0.3) is 0 Å². The van der Waals surface area contributed by atoms with E-state index in [4.69, 9.17) is 11.5 Å². The summed E-state index contributed by atoms with van der Waals surface area (Å²) in [5.74, 6) is 0.488. The summed E-state index contributed by atoms with van der Waals surface area (Å²) in [6, 6.07) is -0.287. The number of amides is 3. The normalized spacial score (nSPS) is 29.7. The predicted octanol–water partition coefficient (Wildman–Crippen LogP) is 0.785. The molecule has 0 bridgehead atoms. The highest BCUT2D eigenvalue weighted by Gasteiger charge is 2.36. The van der Waals surface area contributed by atoms with E-state index in [1.807, 2.05) is 4.90 Å². The molecule has 0 aromatic carbocycles. The first-order valence-corrected chi connectivity index (χ1v) is 7.59. The lowest BCUT2D eigenvalue weighted by Gasteiger charge is -2.42. The van der Waals surface area contributed by atoms with Crippen LogP contribution < -0.4 is 11.5 Å². The number of primary amides is 1. The lowest BCUT2D eigenvalue weighted by Crippen LogP contribution is -2.55. The molecule has 2 fully saturated rings. The molecule has 0 radical (unpaired) electrons. The van der Waals surface area contributed by atoms with Crippen LogP contribution in [0.1, 0.15) is 32.6 Å². The summed E-state index contributed by atoms with van der Waals surface area (Å²) in [7, 11) is 0. The molecule has 0 aromatic rings. The molecule has 2 aliphatic heterocycles. The van der Waals surface area contributed by atoms with Crippen molar-refractivity contribution < 1.29 is 9.59 Å². The van der Waals surface area contributed by atoms with Crippen molar-refractivity contribution in [2.24, 2.45) is 23.3 Å². The van der Waals surface area contributed by atoms with Crippen LogP contribution in [0.15, 0.2) is 0 Å². The van der Waals surface area contributed by atoms with E-state index in [-0.39, 0.29) is 30.3 Å². The van der Waals surface area contributed by atoms with Crippen LogP contribution >= 0.6 is 12.4 Å². The first-order valence-electron chi connectivity index (χ1n) is 7.59. The Bertz CT molecular complexity index is 380. The second-order valence-corrected chi connectivity index (χ2v) is 6.08. The van der Waals surface area contributed by atoms with Crippen LogP contribution in [0.25, 0.3) is 0 Å². The van der Waals surface area contributed by atoms with Gasteiger partial charge in [-0.3, -0.25) is 4.79 Å². The smallest absolute Gasteiger partial charge is 0.314 e. The number of nitrogens with zero attached hydrogens (tertiary/aromatic N) is 2. The maximum absolute atomic E-state index is 12.7. The molecule has 122 valence electrons. The number of likely N-dealkylation sites (tertiary alicyclic amines) is 2. The third kappa shape index (κ3) is 4.01. The molecule has 2 aliphatic rings. The lowest BCUT2D eigenvalue weighted by molar-refractivity contribution is -0.141. The highest BCUT2D eigenvalue weighted by molar-refractivity contribution is 5.85. The number of hydrogen-bond donors (Lipinski definition) is 2. The van der Waals surface area contributed by atoms with Crippen LogP contribution in [0.5, 0.6) is 0 Å². The summed E-state index contributed by atoms with van der Waals surface area (Å²) in [5.41, 5.74) is 11.2. The van der Waals surface area contributed by atoms with Crippen LogP contribution in [0.3, 0.4) is 0 Å². The molecule has 4 N–H and O–H groups in total. The molecule has 0 saturated carbocycles. The molecule has 2 heterocycles. The van der Waals surface area contributed by atoms with E-state index in [0.29, 0.717) is 25.6 Å². The molecule has 6 nitrogen and oxygen atoms in total. The first kappa shape index (κ1) is 18.0. The van der Waals surface area contributed by atoms with E-state index < -0.39 is 6.03 Å². The maximum atomic E-state index is 12.7. The summed E-state index contributed by atoms with van der Waals surface area (Å²) >= 11 is 0. The van der Waals surface area contributed by atoms with E-state index >= 15 is 0 Å². The number of urea groups is 1. The summed E-state index contributed by atoms with van der Waals surface area (Å²) in [6.07, 6.45) is 3.85. The Morgan fingerprint density at radius 2 is 1.86 bits per heavy atom. The fraction of sp³-hybridized carbons (Fsp3) is 0.857. The molecule has 2 rings (SSSR count). The third-order valence-electron chi connectivity index (χ3n) is 4.72. The number of halogens is 1. The molecule has 3 unspecified atom stereocenters. The minimum absolute atomic E-state index is 0. The topological polar surface area (TPSA) is 92.7 Å². The average molecular weight is 319 g/mol. The second-order valence-electron chi connectivity index (χ2n) is 6.08. The quantitative estimate of drug-likeness (QED) is 0.788. The number of nitrogens with two attached hydrogens (primary N) is 2. The molecule has 0 aromatic heterocycles. The number of rotatable bonds is 2. The molecule has 0 spiro atoms. The Kier molecular flexibility index (Phi) is 6.74. The van der Waals surface area contributed by atoms with Crippen molar-refractivity contribution in [1.29, 1.82) is 0 Å². The molecule has 3 atom stereocenters. The standard InChI is InChI=1S/C14H26N4O2.ClH/c1-10-4-2-7-18(12(10)8-15)13(19)11-5-3-6-17(9-11)14(16)20;/h10-12H,2-9,15H2,1H3,(H2,16,20);1H. The zero-order chi connectivity index (χ0) is 14.7. The van der Waals surface area contributed by atoms with Crippen LogP contribution in [-0.2, 0) is 4.79 Å². The van der Waals surface area contributed by atoms with E-state index in [1.165, 1.54) is 0 Å². The Labute approximate surface area is 132 Å². The van der Waals surface area contributed by atoms with Crippen LogP contribution in [0.2, 0.25) is 0 Å². The summed E-state index contributed by atoms with van der Waals surface area (Å²) < 4.78 is 0. The number of carbonyl (C=O) groups excluding carboxylic acids is 2. The van der Waals surface area contributed by atoms with Crippen LogP contribution in [0, 0.1) is 11.8 Å². The van der Waals surface area contributed by atoms with Gasteiger partial charge in [-0.05, 0) is 31.6 Å². The van der Waals surface area contributed by atoms with E-state index in [0.717, 1.165) is 32.2 Å². The molecule has 2 saturated heterocycles. The monoisotopic (exact) mass is 318 g/mol. The van der Waals surface area contributed by atoms with Gasteiger partial charge >= 0.3 is 6.03 Å². The molecular weight excluding hydrogens is 292 g/mol. The molecule has 0 aliphatic carbocycles. The van der Waals surface area contributed by atoms with Gasteiger partial charge in [-0.25, -0.2) is 4.79 Å². The van der Waals surface area contributed by atoms with Crippen molar-refractivity contribution >= 4 is 24.3 Å². The molecule has 21 heavy (non-hydrogen) atoms. The van der Waals surface area contributed by atoms with Crippen molar-refractivity contribution in [3.8, 4) is 0 Å². The Morgan fingerprint density at radius 1 is 1.19 bits per heavy atom. The average Bonchev–Trinajstić information content (AvgIpc) is 2.46. The molecular formula is C14H27ClN4O2. The Hall–Kier alpha value is -1.01. The first-order chi connectivity index (χ1) is 9.54. The van der Waals surface area contributed by atoms with Gasteiger partial charge in [0, 0.05) is 32.2 Å². The van der Waals surface area contributed by atoms with Crippen molar-refractivity contribution in [2.45, 2.75) is 38.6 Å². The number of carbonyl (C=O) groups is 2. The summed E-state index contributed by atoms with van der Waals surface area (Å²) in [6.45, 7) is 4.58. The van der Waals surface area contributed by atoms with Crippen molar-refractivity contribution in [3.05, 3.63) is 0 Å². The SMILES string of the molecule is CC1CCCN(C(=O)C2CCCN(C(N)=O)C2)C1CN.Cl. The van der Waals surface area contributed by atoms with Crippen molar-refractivity contribution in [1.82, 2.24) is 9.80 Å². The fourth-order valence-corrected chi connectivity index (χ4v) is 3.50.